The Morgan fingerprint density at radius 1 is 1.03 bits per heavy atom. The number of ether oxygens (including phenoxy) is 2. The second kappa shape index (κ2) is 9.86. The first-order chi connectivity index (χ1) is 15.3. The number of amides is 1. The molecular formula is C23H20F2N2O5. The Bertz CT molecular complexity index is 1150. The second-order valence-corrected chi connectivity index (χ2v) is 6.74. The fourth-order valence-electron chi connectivity index (χ4n) is 3.15. The first-order valence-corrected chi connectivity index (χ1v) is 9.50. The van der Waals surface area contributed by atoms with Crippen molar-refractivity contribution in [3.8, 4) is 22.8 Å². The molecule has 3 rings (SSSR count). The van der Waals surface area contributed by atoms with Crippen molar-refractivity contribution in [3.05, 3.63) is 77.5 Å². The number of aromatic nitrogens is 1. The lowest BCUT2D eigenvalue weighted by Crippen LogP contribution is -2.31. The lowest BCUT2D eigenvalue weighted by molar-refractivity contribution is -0.137. The van der Waals surface area contributed by atoms with Gasteiger partial charge in [0.2, 0.25) is 0 Å². The van der Waals surface area contributed by atoms with E-state index in [0.29, 0.717) is 5.75 Å². The van der Waals surface area contributed by atoms with Crippen LogP contribution in [0.5, 0.6) is 11.5 Å². The summed E-state index contributed by atoms with van der Waals surface area (Å²) in [6.45, 7) is 0. The molecule has 0 aliphatic rings. The van der Waals surface area contributed by atoms with Crippen molar-refractivity contribution < 1.29 is 33.0 Å². The van der Waals surface area contributed by atoms with E-state index in [4.69, 9.17) is 9.47 Å². The highest BCUT2D eigenvalue weighted by Crippen LogP contribution is 2.33. The highest BCUT2D eigenvalue weighted by atomic mass is 19.1. The Kier molecular flexibility index (Phi) is 6.99. The molecular weight excluding hydrogens is 422 g/mol. The maximum absolute atomic E-state index is 14.5. The summed E-state index contributed by atoms with van der Waals surface area (Å²) in [6.07, 6.45) is -0.541. The third-order valence-corrected chi connectivity index (χ3v) is 4.70. The fourth-order valence-corrected chi connectivity index (χ4v) is 3.15. The number of carboxylic acid groups (broad SMARTS) is 1. The number of carbonyl (C=O) groups is 2. The topological polar surface area (TPSA) is 97.8 Å². The van der Waals surface area contributed by atoms with Crippen LogP contribution in [0.15, 0.2) is 54.6 Å². The van der Waals surface area contributed by atoms with Gasteiger partial charge in [0, 0.05) is 11.1 Å². The Morgan fingerprint density at radius 2 is 1.78 bits per heavy atom. The monoisotopic (exact) mass is 442 g/mol. The van der Waals surface area contributed by atoms with Gasteiger partial charge in [0.1, 0.15) is 34.5 Å². The fraction of sp³-hybridized carbons (Fsp3) is 0.174. The standard InChI is InChI=1S/C23H20F2N2O5/c1-31-13-7-8-17(25)15(11-13)22-20(32-2)10-9-18(26-22)23(30)27-19(12-21(28)29)14-5-3-4-6-16(14)24/h3-11,19H,12H2,1-2H3,(H,27,30)(H,28,29)/t19-/m0/s1. The molecule has 0 fully saturated rings. The number of nitrogens with zero attached hydrogens (tertiary/aromatic N) is 1. The Hall–Kier alpha value is -4.01. The van der Waals surface area contributed by atoms with Crippen LogP contribution in [-0.4, -0.2) is 36.2 Å². The number of pyridine rings is 1. The molecule has 32 heavy (non-hydrogen) atoms. The van der Waals surface area contributed by atoms with E-state index in [-0.39, 0.29) is 28.3 Å². The minimum Gasteiger partial charge on any atom is -0.497 e. The second-order valence-electron chi connectivity index (χ2n) is 6.74. The average molecular weight is 442 g/mol. The molecule has 1 heterocycles. The van der Waals surface area contributed by atoms with Crippen molar-refractivity contribution in [1.82, 2.24) is 10.3 Å². The maximum Gasteiger partial charge on any atom is 0.305 e. The van der Waals surface area contributed by atoms with E-state index in [1.54, 1.807) is 0 Å². The van der Waals surface area contributed by atoms with E-state index >= 15 is 0 Å². The van der Waals surface area contributed by atoms with Gasteiger partial charge < -0.3 is 19.9 Å². The van der Waals surface area contributed by atoms with Crippen LogP contribution in [0.3, 0.4) is 0 Å². The van der Waals surface area contributed by atoms with Crippen LogP contribution in [0.2, 0.25) is 0 Å². The molecule has 0 saturated carbocycles. The van der Waals surface area contributed by atoms with Gasteiger partial charge in [-0.2, -0.15) is 0 Å². The predicted octanol–water partition coefficient (Wildman–Crippen LogP) is 3.99. The lowest BCUT2D eigenvalue weighted by Gasteiger charge is -2.18. The quantitative estimate of drug-likeness (QED) is 0.548. The summed E-state index contributed by atoms with van der Waals surface area (Å²) in [5, 5.41) is 11.7. The van der Waals surface area contributed by atoms with Crippen LogP contribution in [0.1, 0.15) is 28.5 Å². The van der Waals surface area contributed by atoms with Crippen molar-refractivity contribution in [1.29, 1.82) is 0 Å². The van der Waals surface area contributed by atoms with E-state index in [2.05, 4.69) is 10.3 Å². The number of carboxylic acids is 1. The van der Waals surface area contributed by atoms with Gasteiger partial charge >= 0.3 is 5.97 Å². The number of hydrogen-bond donors (Lipinski definition) is 2. The molecule has 0 aliphatic carbocycles. The molecule has 1 amide bonds. The third-order valence-electron chi connectivity index (χ3n) is 4.70. The lowest BCUT2D eigenvalue weighted by atomic mass is 10.0. The van der Waals surface area contributed by atoms with Crippen molar-refractivity contribution in [2.24, 2.45) is 0 Å². The van der Waals surface area contributed by atoms with Gasteiger partial charge in [-0.25, -0.2) is 13.8 Å². The number of nitrogens with one attached hydrogen (secondary N) is 1. The Labute approximate surface area is 182 Å². The summed E-state index contributed by atoms with van der Waals surface area (Å²) in [6, 6.07) is 11.2. The molecule has 166 valence electrons. The van der Waals surface area contributed by atoms with Crippen molar-refractivity contribution in [2.75, 3.05) is 14.2 Å². The zero-order chi connectivity index (χ0) is 23.3. The van der Waals surface area contributed by atoms with Gasteiger partial charge in [-0.05, 0) is 36.4 Å². The number of hydrogen-bond acceptors (Lipinski definition) is 5. The molecule has 1 aromatic heterocycles. The minimum atomic E-state index is -1.22. The molecule has 0 bridgehead atoms. The molecule has 2 N–H and O–H groups in total. The van der Waals surface area contributed by atoms with Crippen LogP contribution < -0.4 is 14.8 Å². The van der Waals surface area contributed by atoms with E-state index < -0.39 is 36.0 Å². The van der Waals surface area contributed by atoms with Gasteiger partial charge in [0.05, 0.1) is 26.7 Å². The molecule has 0 spiro atoms. The van der Waals surface area contributed by atoms with Crippen molar-refractivity contribution >= 4 is 11.9 Å². The highest BCUT2D eigenvalue weighted by Gasteiger charge is 2.23. The van der Waals surface area contributed by atoms with Crippen molar-refractivity contribution in [2.45, 2.75) is 12.5 Å². The zero-order valence-corrected chi connectivity index (χ0v) is 17.3. The molecule has 0 radical (unpaired) electrons. The van der Waals surface area contributed by atoms with Crippen LogP contribution >= 0.6 is 0 Å². The van der Waals surface area contributed by atoms with Crippen LogP contribution in [0.25, 0.3) is 11.3 Å². The zero-order valence-electron chi connectivity index (χ0n) is 17.3. The summed E-state index contributed by atoms with van der Waals surface area (Å²) in [5.41, 5.74) is -0.00478. The predicted molar refractivity (Wildman–Crippen MR) is 112 cm³/mol. The summed E-state index contributed by atoms with van der Waals surface area (Å²) < 4.78 is 39.1. The molecule has 2 aromatic carbocycles. The molecule has 0 saturated heterocycles. The van der Waals surface area contributed by atoms with E-state index in [0.717, 1.165) is 0 Å². The summed E-state index contributed by atoms with van der Waals surface area (Å²) in [4.78, 5) is 28.4. The number of rotatable bonds is 8. The molecule has 7 nitrogen and oxygen atoms in total. The van der Waals surface area contributed by atoms with Crippen molar-refractivity contribution in [3.63, 3.8) is 0 Å². The maximum atomic E-state index is 14.5. The molecule has 1 atom stereocenters. The number of benzene rings is 2. The van der Waals surface area contributed by atoms with Crippen LogP contribution in [-0.2, 0) is 4.79 Å². The van der Waals surface area contributed by atoms with Crippen LogP contribution in [0.4, 0.5) is 8.78 Å². The Balaban J connectivity index is 1.99. The molecule has 0 aliphatic heterocycles. The first kappa shape index (κ1) is 22.7. The number of carbonyl (C=O) groups excluding carboxylic acids is 1. The molecule has 3 aromatic rings. The highest BCUT2D eigenvalue weighted by molar-refractivity contribution is 5.94. The summed E-state index contributed by atoms with van der Waals surface area (Å²) >= 11 is 0. The smallest absolute Gasteiger partial charge is 0.305 e. The van der Waals surface area contributed by atoms with E-state index in [1.807, 2.05) is 0 Å². The van der Waals surface area contributed by atoms with Gasteiger partial charge in [-0.15, -0.1) is 0 Å². The Morgan fingerprint density at radius 3 is 2.44 bits per heavy atom. The minimum absolute atomic E-state index is 0.0239. The van der Waals surface area contributed by atoms with E-state index in [9.17, 15) is 23.5 Å². The van der Waals surface area contributed by atoms with Gasteiger partial charge in [0.25, 0.3) is 5.91 Å². The number of methoxy groups -OCH3 is 2. The van der Waals surface area contributed by atoms with Gasteiger partial charge in [-0.1, -0.05) is 18.2 Å². The van der Waals surface area contributed by atoms with Crippen LogP contribution in [0, 0.1) is 11.6 Å². The SMILES string of the molecule is COc1ccc(F)c(-c2nc(C(=O)N[C@@H](CC(=O)O)c3ccccc3F)ccc2OC)c1. The van der Waals surface area contributed by atoms with Gasteiger partial charge in [0.15, 0.2) is 0 Å². The molecule has 9 heteroatoms. The third kappa shape index (κ3) is 5.00. The molecule has 0 unspecified atom stereocenters. The summed E-state index contributed by atoms with van der Waals surface area (Å²) in [7, 11) is 2.80. The average Bonchev–Trinajstić information content (AvgIpc) is 2.78. The largest absolute Gasteiger partial charge is 0.497 e. The normalized spacial score (nSPS) is 11.5. The number of aliphatic carboxylic acids is 1. The van der Waals surface area contributed by atoms with E-state index in [1.165, 1.54) is 68.8 Å². The van der Waals surface area contributed by atoms with Gasteiger partial charge in [-0.3, -0.25) is 9.59 Å². The summed E-state index contributed by atoms with van der Waals surface area (Å²) in [5.74, 6) is -2.65. The number of halogens is 2. The first-order valence-electron chi connectivity index (χ1n) is 9.50.